The predicted octanol–water partition coefficient (Wildman–Crippen LogP) is 0.973. The van der Waals surface area contributed by atoms with Gasteiger partial charge in [0.2, 0.25) is 5.91 Å². The molecule has 0 saturated carbocycles. The topological polar surface area (TPSA) is 103 Å². The van der Waals surface area contributed by atoms with Crippen molar-refractivity contribution in [3.05, 3.63) is 17.2 Å². The largest absolute Gasteiger partial charge is 0.482 e. The number of carbonyl (C=O) groups excluding carboxylic acids is 2. The quantitative estimate of drug-likeness (QED) is 0.751. The van der Waals surface area contributed by atoms with Gasteiger partial charge in [-0.3, -0.25) is 9.59 Å². The first-order valence-electron chi connectivity index (χ1n) is 6.33. The fraction of sp³-hybridized carbons (Fsp3) is 0.385. The van der Waals surface area contributed by atoms with Crippen molar-refractivity contribution in [3.63, 3.8) is 0 Å². The van der Waals surface area contributed by atoms with Crippen LogP contribution in [0.5, 0.6) is 5.75 Å². The molecule has 0 aliphatic carbocycles. The molecule has 114 valence electrons. The first-order chi connectivity index (χ1) is 10.0. The van der Waals surface area contributed by atoms with Gasteiger partial charge in [0.05, 0.1) is 22.4 Å². The Labute approximate surface area is 126 Å². The van der Waals surface area contributed by atoms with Crippen LogP contribution in [0, 0.1) is 0 Å². The molecule has 1 aromatic carbocycles. The summed E-state index contributed by atoms with van der Waals surface area (Å²) >= 11 is 6.07. The second-order valence-corrected chi connectivity index (χ2v) is 4.95. The van der Waals surface area contributed by atoms with Crippen LogP contribution in [0.2, 0.25) is 5.02 Å². The van der Waals surface area contributed by atoms with Crippen LogP contribution in [0.3, 0.4) is 0 Å². The second-order valence-electron chi connectivity index (χ2n) is 4.54. The molecule has 1 aromatic rings. The van der Waals surface area contributed by atoms with Crippen molar-refractivity contribution >= 4 is 34.8 Å². The van der Waals surface area contributed by atoms with Gasteiger partial charge < -0.3 is 25.8 Å². The SMILES string of the molecule is COCCC(N)C(=O)Nc1cc2c(cc1Cl)NC(=O)CO2. The van der Waals surface area contributed by atoms with E-state index < -0.39 is 6.04 Å². The maximum Gasteiger partial charge on any atom is 0.262 e. The summed E-state index contributed by atoms with van der Waals surface area (Å²) in [5, 5.41) is 5.55. The van der Waals surface area contributed by atoms with E-state index in [1.54, 1.807) is 6.07 Å². The molecular formula is C13H16ClN3O4. The number of halogens is 1. The number of ether oxygens (including phenoxy) is 2. The van der Waals surface area contributed by atoms with Gasteiger partial charge in [-0.15, -0.1) is 0 Å². The summed E-state index contributed by atoms with van der Waals surface area (Å²) in [4.78, 5) is 23.1. The summed E-state index contributed by atoms with van der Waals surface area (Å²) < 4.78 is 10.1. The van der Waals surface area contributed by atoms with Gasteiger partial charge in [-0.25, -0.2) is 0 Å². The third kappa shape index (κ3) is 3.84. The summed E-state index contributed by atoms with van der Waals surface area (Å²) in [5.41, 5.74) is 6.58. The van der Waals surface area contributed by atoms with Crippen molar-refractivity contribution in [1.82, 2.24) is 0 Å². The monoisotopic (exact) mass is 313 g/mol. The molecule has 1 unspecified atom stereocenters. The Morgan fingerprint density at radius 3 is 3.10 bits per heavy atom. The van der Waals surface area contributed by atoms with Crippen LogP contribution >= 0.6 is 11.6 Å². The number of nitrogens with one attached hydrogen (secondary N) is 2. The first kappa shape index (κ1) is 15.6. The van der Waals surface area contributed by atoms with Gasteiger partial charge in [0, 0.05) is 19.8 Å². The van der Waals surface area contributed by atoms with Crippen molar-refractivity contribution in [3.8, 4) is 5.75 Å². The van der Waals surface area contributed by atoms with Gasteiger partial charge >= 0.3 is 0 Å². The third-order valence-corrected chi connectivity index (χ3v) is 3.24. The number of rotatable bonds is 5. The molecule has 1 aliphatic rings. The Bertz CT molecular complexity index is 565. The van der Waals surface area contributed by atoms with Gasteiger partial charge in [-0.2, -0.15) is 0 Å². The van der Waals surface area contributed by atoms with Crippen LogP contribution in [0.4, 0.5) is 11.4 Å². The number of benzene rings is 1. The molecule has 0 fully saturated rings. The first-order valence-corrected chi connectivity index (χ1v) is 6.70. The molecule has 0 spiro atoms. The van der Waals surface area contributed by atoms with Crippen LogP contribution in [0.1, 0.15) is 6.42 Å². The Kier molecular flexibility index (Phi) is 5.00. The normalized spacial score (nSPS) is 14.7. The predicted molar refractivity (Wildman–Crippen MR) is 78.7 cm³/mol. The van der Waals surface area contributed by atoms with Crippen molar-refractivity contribution in [2.45, 2.75) is 12.5 Å². The number of amides is 2. The number of methoxy groups -OCH3 is 1. The molecule has 0 radical (unpaired) electrons. The molecule has 4 N–H and O–H groups in total. The van der Waals surface area contributed by atoms with Gasteiger partial charge in [0.25, 0.3) is 5.91 Å². The number of hydrogen-bond acceptors (Lipinski definition) is 5. The zero-order valence-corrected chi connectivity index (χ0v) is 12.2. The highest BCUT2D eigenvalue weighted by molar-refractivity contribution is 6.34. The van der Waals surface area contributed by atoms with Gasteiger partial charge in [-0.1, -0.05) is 11.6 Å². The minimum Gasteiger partial charge on any atom is -0.482 e. The van der Waals surface area contributed by atoms with Gasteiger partial charge in [0.15, 0.2) is 6.61 Å². The zero-order chi connectivity index (χ0) is 15.4. The highest BCUT2D eigenvalue weighted by Gasteiger charge is 2.20. The fourth-order valence-electron chi connectivity index (χ4n) is 1.80. The average molecular weight is 314 g/mol. The summed E-state index contributed by atoms with van der Waals surface area (Å²) in [7, 11) is 1.54. The molecule has 0 saturated heterocycles. The molecule has 7 nitrogen and oxygen atoms in total. The minimum absolute atomic E-state index is 0.0740. The molecule has 21 heavy (non-hydrogen) atoms. The second kappa shape index (κ2) is 6.75. The number of carbonyl (C=O) groups is 2. The summed E-state index contributed by atoms with van der Waals surface area (Å²) in [6, 6.07) is 2.38. The average Bonchev–Trinajstić information content (AvgIpc) is 2.45. The Morgan fingerprint density at radius 2 is 2.38 bits per heavy atom. The molecular weight excluding hydrogens is 298 g/mol. The number of fused-ring (bicyclic) bond motifs is 1. The van der Waals surface area contributed by atoms with E-state index in [0.717, 1.165) is 0 Å². The van der Waals surface area contributed by atoms with E-state index in [1.165, 1.54) is 13.2 Å². The van der Waals surface area contributed by atoms with Crippen LogP contribution in [0.15, 0.2) is 12.1 Å². The minimum atomic E-state index is -0.697. The Hall–Kier alpha value is -1.83. The Morgan fingerprint density at radius 1 is 1.62 bits per heavy atom. The highest BCUT2D eigenvalue weighted by Crippen LogP contribution is 2.36. The molecule has 2 rings (SSSR count). The van der Waals surface area contributed by atoms with E-state index in [1.807, 2.05) is 0 Å². The lowest BCUT2D eigenvalue weighted by Crippen LogP contribution is -2.36. The Balaban J connectivity index is 2.10. The smallest absolute Gasteiger partial charge is 0.262 e. The summed E-state index contributed by atoms with van der Waals surface area (Å²) in [6.07, 6.45) is 0.400. The number of hydrogen-bond donors (Lipinski definition) is 3. The van der Waals surface area contributed by atoms with E-state index in [0.29, 0.717) is 30.2 Å². The summed E-state index contributed by atoms with van der Waals surface area (Å²) in [6.45, 7) is 0.316. The maximum atomic E-state index is 11.9. The van der Waals surface area contributed by atoms with Crippen molar-refractivity contribution in [1.29, 1.82) is 0 Å². The highest BCUT2D eigenvalue weighted by atomic mass is 35.5. The maximum absolute atomic E-state index is 11.9. The van der Waals surface area contributed by atoms with Gasteiger partial charge in [0.1, 0.15) is 5.75 Å². The number of nitrogens with two attached hydrogens (primary N) is 1. The molecule has 8 heteroatoms. The zero-order valence-electron chi connectivity index (χ0n) is 11.4. The van der Waals surface area contributed by atoms with E-state index in [-0.39, 0.29) is 23.4 Å². The van der Waals surface area contributed by atoms with Gasteiger partial charge in [-0.05, 0) is 12.5 Å². The van der Waals surface area contributed by atoms with E-state index >= 15 is 0 Å². The molecule has 0 bridgehead atoms. The third-order valence-electron chi connectivity index (χ3n) is 2.93. The van der Waals surface area contributed by atoms with Crippen molar-refractivity contribution in [2.75, 3.05) is 31.0 Å². The fourth-order valence-corrected chi connectivity index (χ4v) is 2.01. The van der Waals surface area contributed by atoms with Crippen molar-refractivity contribution < 1.29 is 19.1 Å². The van der Waals surface area contributed by atoms with E-state index in [2.05, 4.69) is 10.6 Å². The van der Waals surface area contributed by atoms with Crippen LogP contribution in [0.25, 0.3) is 0 Å². The lowest BCUT2D eigenvalue weighted by molar-refractivity contribution is -0.119. The van der Waals surface area contributed by atoms with Crippen LogP contribution in [-0.4, -0.2) is 38.2 Å². The summed E-state index contributed by atoms with van der Waals surface area (Å²) in [5.74, 6) is -0.176. The standard InChI is InChI=1S/C13H16ClN3O4/c1-20-3-2-8(15)13(19)17-9-5-11-10(4-7(9)14)16-12(18)6-21-11/h4-5,8H,2-3,6,15H2,1H3,(H,16,18)(H,17,19). The van der Waals surface area contributed by atoms with Crippen molar-refractivity contribution in [2.24, 2.45) is 5.73 Å². The lowest BCUT2D eigenvalue weighted by atomic mass is 10.2. The lowest BCUT2D eigenvalue weighted by Gasteiger charge is -2.20. The van der Waals surface area contributed by atoms with E-state index in [9.17, 15) is 9.59 Å². The van der Waals surface area contributed by atoms with E-state index in [4.69, 9.17) is 26.8 Å². The number of anilines is 2. The molecule has 2 amide bonds. The molecule has 0 aromatic heterocycles. The molecule has 1 heterocycles. The molecule has 1 aliphatic heterocycles. The van der Waals surface area contributed by atoms with Crippen LogP contribution < -0.4 is 21.1 Å². The van der Waals surface area contributed by atoms with Crippen LogP contribution in [-0.2, 0) is 14.3 Å². The molecule has 1 atom stereocenters.